The molecule has 1 unspecified atom stereocenters. The minimum Gasteiger partial charge on any atom is -0.352 e. The van der Waals surface area contributed by atoms with Crippen LogP contribution in [0.15, 0.2) is 52.4 Å². The average molecular weight is 446 g/mol. The molecule has 5 nitrogen and oxygen atoms in total. The van der Waals surface area contributed by atoms with Crippen LogP contribution in [0.2, 0.25) is 5.02 Å². The summed E-state index contributed by atoms with van der Waals surface area (Å²) in [7, 11) is 0. The molecule has 1 N–H and O–H groups in total. The number of hydrogen-bond donors (Lipinski definition) is 1. The maximum absolute atomic E-state index is 13.7. The highest BCUT2D eigenvalue weighted by Crippen LogP contribution is 2.27. The molecule has 1 atom stereocenters. The van der Waals surface area contributed by atoms with Crippen LogP contribution in [0.1, 0.15) is 32.6 Å². The molecular formula is C22H21ClFN3O2S. The first-order valence-corrected chi connectivity index (χ1v) is 11.1. The molecule has 1 fully saturated rings. The third kappa shape index (κ3) is 4.23. The summed E-state index contributed by atoms with van der Waals surface area (Å²) in [6.07, 6.45) is 4.25. The molecular weight excluding hydrogens is 425 g/mol. The number of fused-ring (bicyclic) bond motifs is 1. The number of para-hydroxylation sites is 1. The van der Waals surface area contributed by atoms with Gasteiger partial charge in [0.05, 0.1) is 26.9 Å². The van der Waals surface area contributed by atoms with Gasteiger partial charge in [-0.2, -0.15) is 0 Å². The number of amides is 1. The number of rotatable bonds is 5. The first-order valence-electron chi connectivity index (χ1n) is 9.88. The molecule has 30 heavy (non-hydrogen) atoms. The van der Waals surface area contributed by atoms with E-state index in [4.69, 9.17) is 11.6 Å². The maximum Gasteiger partial charge on any atom is 0.266 e. The van der Waals surface area contributed by atoms with Gasteiger partial charge in [-0.3, -0.25) is 14.2 Å². The van der Waals surface area contributed by atoms with Crippen molar-refractivity contribution in [1.82, 2.24) is 14.9 Å². The van der Waals surface area contributed by atoms with Crippen molar-refractivity contribution in [3.05, 3.63) is 63.7 Å². The van der Waals surface area contributed by atoms with Crippen LogP contribution in [-0.4, -0.2) is 26.8 Å². The quantitative estimate of drug-likeness (QED) is 0.456. The van der Waals surface area contributed by atoms with Crippen molar-refractivity contribution in [2.24, 2.45) is 0 Å². The highest BCUT2D eigenvalue weighted by atomic mass is 35.5. The first-order chi connectivity index (χ1) is 14.4. The smallest absolute Gasteiger partial charge is 0.266 e. The van der Waals surface area contributed by atoms with Gasteiger partial charge in [-0.1, -0.05) is 48.3 Å². The van der Waals surface area contributed by atoms with Crippen LogP contribution in [0.4, 0.5) is 4.39 Å². The molecule has 1 saturated carbocycles. The third-order valence-electron chi connectivity index (χ3n) is 5.26. The van der Waals surface area contributed by atoms with E-state index in [1.807, 2.05) is 0 Å². The highest BCUT2D eigenvalue weighted by molar-refractivity contribution is 8.00. The lowest BCUT2D eigenvalue weighted by Crippen LogP contribution is -2.38. The van der Waals surface area contributed by atoms with Crippen molar-refractivity contribution in [3.63, 3.8) is 0 Å². The number of halogens is 2. The Kier molecular flexibility index (Phi) is 6.11. The van der Waals surface area contributed by atoms with E-state index in [2.05, 4.69) is 10.3 Å². The summed E-state index contributed by atoms with van der Waals surface area (Å²) in [5, 5.41) is 3.33. The van der Waals surface area contributed by atoms with E-state index in [-0.39, 0.29) is 22.5 Å². The molecule has 0 aliphatic heterocycles. The summed E-state index contributed by atoms with van der Waals surface area (Å²) in [6, 6.07) is 11.3. The van der Waals surface area contributed by atoms with E-state index >= 15 is 0 Å². The number of carbonyl (C=O) groups is 1. The molecule has 1 heterocycles. The second kappa shape index (κ2) is 8.78. The fraction of sp³-hybridized carbons (Fsp3) is 0.318. The van der Waals surface area contributed by atoms with Crippen LogP contribution < -0.4 is 10.9 Å². The van der Waals surface area contributed by atoms with E-state index in [1.54, 1.807) is 31.2 Å². The lowest BCUT2D eigenvalue weighted by atomic mass is 10.2. The lowest BCUT2D eigenvalue weighted by molar-refractivity contribution is -0.120. The Hall–Kier alpha value is -2.38. The number of aromatic nitrogens is 2. The van der Waals surface area contributed by atoms with Gasteiger partial charge in [0.15, 0.2) is 5.16 Å². The van der Waals surface area contributed by atoms with Crippen molar-refractivity contribution in [2.75, 3.05) is 0 Å². The molecule has 3 aromatic rings. The maximum atomic E-state index is 13.7. The zero-order valence-corrected chi connectivity index (χ0v) is 18.0. The van der Waals surface area contributed by atoms with Crippen molar-refractivity contribution in [3.8, 4) is 5.69 Å². The Balaban J connectivity index is 1.74. The van der Waals surface area contributed by atoms with Crippen LogP contribution in [0.5, 0.6) is 0 Å². The zero-order valence-electron chi connectivity index (χ0n) is 16.4. The Labute approximate surface area is 182 Å². The molecule has 4 rings (SSSR count). The fourth-order valence-electron chi connectivity index (χ4n) is 3.64. The van der Waals surface area contributed by atoms with Gasteiger partial charge in [0.1, 0.15) is 5.82 Å². The van der Waals surface area contributed by atoms with Gasteiger partial charge in [-0.25, -0.2) is 9.37 Å². The Morgan fingerprint density at radius 3 is 2.73 bits per heavy atom. The predicted octanol–water partition coefficient (Wildman–Crippen LogP) is 4.72. The zero-order chi connectivity index (χ0) is 21.3. The number of thioether (sulfide) groups is 1. The number of nitrogens with one attached hydrogen (secondary N) is 1. The van der Waals surface area contributed by atoms with Gasteiger partial charge in [0.25, 0.3) is 5.56 Å². The van der Waals surface area contributed by atoms with Crippen LogP contribution in [-0.2, 0) is 4.79 Å². The molecule has 2 aromatic carbocycles. The second-order valence-corrected chi connectivity index (χ2v) is 9.12. The molecule has 1 amide bonds. The van der Waals surface area contributed by atoms with Crippen molar-refractivity contribution >= 4 is 40.2 Å². The van der Waals surface area contributed by atoms with Gasteiger partial charge in [-0.05, 0) is 50.1 Å². The van der Waals surface area contributed by atoms with E-state index in [1.165, 1.54) is 34.5 Å². The Morgan fingerprint density at radius 2 is 2.00 bits per heavy atom. The summed E-state index contributed by atoms with van der Waals surface area (Å²) in [5.74, 6) is -0.654. The standard InChI is InChI=1S/C22H21ClFN3O2S/c1-13(20(28)25-14-6-2-3-7-14)30-22-26-19-9-5-4-8-16(19)21(29)27(22)15-10-11-18(24)17(23)12-15/h4-5,8-14H,2-3,6-7H2,1H3,(H,25,28). The van der Waals surface area contributed by atoms with Crippen LogP contribution in [0.3, 0.4) is 0 Å². The summed E-state index contributed by atoms with van der Waals surface area (Å²) in [6.45, 7) is 1.79. The normalized spacial score (nSPS) is 15.4. The first kappa shape index (κ1) is 20.9. The lowest BCUT2D eigenvalue weighted by Gasteiger charge is -2.18. The van der Waals surface area contributed by atoms with Crippen molar-refractivity contribution in [1.29, 1.82) is 0 Å². The van der Waals surface area contributed by atoms with Crippen LogP contribution in [0.25, 0.3) is 16.6 Å². The average Bonchev–Trinajstić information content (AvgIpc) is 3.23. The van der Waals surface area contributed by atoms with E-state index in [0.29, 0.717) is 21.7 Å². The summed E-state index contributed by atoms with van der Waals surface area (Å²) < 4.78 is 15.1. The Morgan fingerprint density at radius 1 is 1.27 bits per heavy atom. The molecule has 1 aliphatic rings. The van der Waals surface area contributed by atoms with Crippen LogP contribution in [0, 0.1) is 5.82 Å². The largest absolute Gasteiger partial charge is 0.352 e. The minimum atomic E-state index is -0.569. The number of carbonyl (C=O) groups excluding carboxylic acids is 1. The molecule has 0 radical (unpaired) electrons. The minimum absolute atomic E-state index is 0.0852. The van der Waals surface area contributed by atoms with Crippen molar-refractivity contribution in [2.45, 2.75) is 49.1 Å². The number of nitrogens with zero attached hydrogens (tertiary/aromatic N) is 2. The SMILES string of the molecule is CC(Sc1nc2ccccc2c(=O)n1-c1ccc(F)c(Cl)c1)C(=O)NC1CCCC1. The van der Waals surface area contributed by atoms with Gasteiger partial charge in [-0.15, -0.1) is 0 Å². The second-order valence-electron chi connectivity index (χ2n) is 7.40. The monoisotopic (exact) mass is 445 g/mol. The van der Waals surface area contributed by atoms with Gasteiger partial charge < -0.3 is 5.32 Å². The van der Waals surface area contributed by atoms with E-state index in [0.717, 1.165) is 25.7 Å². The molecule has 0 bridgehead atoms. The van der Waals surface area contributed by atoms with Crippen molar-refractivity contribution < 1.29 is 9.18 Å². The predicted molar refractivity (Wildman–Crippen MR) is 118 cm³/mol. The van der Waals surface area contributed by atoms with Gasteiger partial charge in [0.2, 0.25) is 5.91 Å². The topological polar surface area (TPSA) is 64.0 Å². The molecule has 8 heteroatoms. The number of hydrogen-bond acceptors (Lipinski definition) is 4. The highest BCUT2D eigenvalue weighted by Gasteiger charge is 2.24. The molecule has 156 valence electrons. The molecule has 1 aromatic heterocycles. The summed E-state index contributed by atoms with van der Waals surface area (Å²) >= 11 is 7.15. The van der Waals surface area contributed by atoms with E-state index < -0.39 is 11.1 Å². The molecule has 0 saturated heterocycles. The Bertz CT molecular complexity index is 1160. The van der Waals surface area contributed by atoms with Gasteiger partial charge >= 0.3 is 0 Å². The fourth-order valence-corrected chi connectivity index (χ4v) is 4.75. The van der Waals surface area contributed by atoms with Crippen LogP contribution >= 0.6 is 23.4 Å². The third-order valence-corrected chi connectivity index (χ3v) is 6.60. The summed E-state index contributed by atoms with van der Waals surface area (Å²) in [5.41, 5.74) is 0.641. The summed E-state index contributed by atoms with van der Waals surface area (Å²) in [4.78, 5) is 30.6. The number of benzene rings is 2. The molecule has 0 spiro atoms. The van der Waals surface area contributed by atoms with E-state index in [9.17, 15) is 14.0 Å². The molecule has 1 aliphatic carbocycles. The van der Waals surface area contributed by atoms with Gasteiger partial charge in [0, 0.05) is 6.04 Å².